The van der Waals surface area contributed by atoms with Gasteiger partial charge in [0.25, 0.3) is 5.56 Å². The first-order valence-corrected chi connectivity index (χ1v) is 10.6. The molecule has 0 radical (unpaired) electrons. The van der Waals surface area contributed by atoms with Crippen molar-refractivity contribution in [1.29, 1.82) is 0 Å². The predicted octanol–water partition coefficient (Wildman–Crippen LogP) is 2.82. The van der Waals surface area contributed by atoms with Gasteiger partial charge in [-0.05, 0) is 37.0 Å². The molecule has 3 aromatic rings. The molecule has 0 spiro atoms. The van der Waals surface area contributed by atoms with E-state index in [9.17, 15) is 23.5 Å². The molecule has 0 bridgehead atoms. The second-order valence-electron chi connectivity index (χ2n) is 7.73. The average Bonchev–Trinajstić information content (AvgIpc) is 3.17. The minimum Gasteiger partial charge on any atom is -0.435 e. The number of aliphatic hydroxyl groups excluding tert-OH is 1. The maximum Gasteiger partial charge on any atom is 0.387 e. The molecule has 1 aromatic carbocycles. The Morgan fingerprint density at radius 2 is 2.03 bits per heavy atom. The van der Waals surface area contributed by atoms with Gasteiger partial charge in [-0.25, -0.2) is 9.78 Å². The second kappa shape index (κ2) is 9.53. The van der Waals surface area contributed by atoms with Crippen LogP contribution < -0.4 is 16.0 Å². The lowest BCUT2D eigenvalue weighted by molar-refractivity contribution is -0.0498. The molecule has 0 aliphatic heterocycles. The molecule has 33 heavy (non-hydrogen) atoms. The molecular formula is C23H24F2N4O4. The summed E-state index contributed by atoms with van der Waals surface area (Å²) in [7, 11) is 1.52. The van der Waals surface area contributed by atoms with Gasteiger partial charge in [-0.2, -0.15) is 8.78 Å². The smallest absolute Gasteiger partial charge is 0.387 e. The van der Waals surface area contributed by atoms with Crippen molar-refractivity contribution in [3.63, 3.8) is 0 Å². The highest BCUT2D eigenvalue weighted by Gasteiger charge is 2.22. The lowest BCUT2D eigenvalue weighted by Crippen LogP contribution is -2.40. The van der Waals surface area contributed by atoms with Gasteiger partial charge in [0.15, 0.2) is 11.2 Å². The van der Waals surface area contributed by atoms with E-state index in [1.807, 2.05) is 12.2 Å². The van der Waals surface area contributed by atoms with Crippen LogP contribution in [0, 0.1) is 0 Å². The fourth-order valence-electron chi connectivity index (χ4n) is 3.95. The van der Waals surface area contributed by atoms with Crippen molar-refractivity contribution in [2.24, 2.45) is 7.05 Å². The minimum atomic E-state index is -2.98. The zero-order valence-electron chi connectivity index (χ0n) is 18.1. The summed E-state index contributed by atoms with van der Waals surface area (Å²) in [4.78, 5) is 30.8. The monoisotopic (exact) mass is 458 g/mol. The van der Waals surface area contributed by atoms with Crippen LogP contribution in [0.3, 0.4) is 0 Å². The van der Waals surface area contributed by atoms with Gasteiger partial charge >= 0.3 is 12.3 Å². The summed E-state index contributed by atoms with van der Waals surface area (Å²) < 4.78 is 34.1. The Hall–Kier alpha value is -3.53. The van der Waals surface area contributed by atoms with E-state index in [0.717, 1.165) is 23.0 Å². The highest BCUT2D eigenvalue weighted by Crippen LogP contribution is 2.28. The zero-order chi connectivity index (χ0) is 23.5. The molecule has 8 nitrogen and oxygen atoms in total. The molecule has 4 rings (SSSR count). The summed E-state index contributed by atoms with van der Waals surface area (Å²) in [6.45, 7) is -2.75. The van der Waals surface area contributed by atoms with Crippen LogP contribution in [0.15, 0.2) is 57.7 Å². The topological polar surface area (TPSA) is 91.3 Å². The van der Waals surface area contributed by atoms with Crippen LogP contribution in [-0.2, 0) is 20.1 Å². The number of aliphatic hydroxyl groups is 1. The molecule has 2 aromatic heterocycles. The first-order chi connectivity index (χ1) is 15.9. The maximum atomic E-state index is 13.4. The molecule has 0 atom stereocenters. The van der Waals surface area contributed by atoms with Crippen molar-refractivity contribution in [3.8, 4) is 17.1 Å². The van der Waals surface area contributed by atoms with Crippen LogP contribution in [0.1, 0.15) is 19.3 Å². The number of allylic oxidation sites excluding steroid dienone is 4. The van der Waals surface area contributed by atoms with E-state index in [-0.39, 0.29) is 36.5 Å². The lowest BCUT2D eigenvalue weighted by Gasteiger charge is -2.14. The Bertz CT molecular complexity index is 1350. The molecule has 2 heterocycles. The molecule has 174 valence electrons. The summed E-state index contributed by atoms with van der Waals surface area (Å²) in [5.74, 6) is 0.323. The van der Waals surface area contributed by atoms with E-state index in [1.54, 1.807) is 16.7 Å². The Morgan fingerprint density at radius 1 is 1.21 bits per heavy atom. The minimum absolute atomic E-state index is 0.0351. The molecule has 1 aliphatic carbocycles. The number of hydrogen-bond donors (Lipinski definition) is 1. The first-order valence-electron chi connectivity index (χ1n) is 10.6. The largest absolute Gasteiger partial charge is 0.435 e. The molecule has 0 fully saturated rings. The van der Waals surface area contributed by atoms with Crippen LogP contribution in [0.5, 0.6) is 5.75 Å². The molecule has 1 N–H and O–H groups in total. The molecule has 0 amide bonds. The number of halogens is 2. The van der Waals surface area contributed by atoms with Gasteiger partial charge in [0.1, 0.15) is 11.6 Å². The van der Waals surface area contributed by atoms with Crippen LogP contribution >= 0.6 is 0 Å². The third-order valence-electron chi connectivity index (χ3n) is 5.50. The average molecular weight is 458 g/mol. The van der Waals surface area contributed by atoms with Gasteiger partial charge < -0.3 is 14.4 Å². The zero-order valence-corrected chi connectivity index (χ0v) is 18.1. The van der Waals surface area contributed by atoms with Crippen molar-refractivity contribution < 1.29 is 18.6 Å². The van der Waals surface area contributed by atoms with E-state index < -0.39 is 17.9 Å². The number of rotatable bonds is 8. The van der Waals surface area contributed by atoms with Crippen LogP contribution in [0.25, 0.3) is 22.6 Å². The predicted molar refractivity (Wildman–Crippen MR) is 119 cm³/mol. The maximum absolute atomic E-state index is 13.4. The van der Waals surface area contributed by atoms with Crippen molar-refractivity contribution in [2.45, 2.75) is 39.0 Å². The number of benzene rings is 1. The van der Waals surface area contributed by atoms with Crippen LogP contribution in [0.4, 0.5) is 8.78 Å². The SMILES string of the molecule is Cn1c(=O)n(CCCO)c(=O)c2c1nc(-c1cccc(OC(F)F)c1)n2CC1=CCCC=C1. The molecule has 0 saturated heterocycles. The molecular weight excluding hydrogens is 434 g/mol. The van der Waals surface area contributed by atoms with Crippen molar-refractivity contribution in [3.05, 3.63) is 68.9 Å². The number of imidazole rings is 1. The van der Waals surface area contributed by atoms with E-state index in [1.165, 1.54) is 23.7 Å². The van der Waals surface area contributed by atoms with Crippen molar-refractivity contribution in [2.75, 3.05) is 6.61 Å². The Labute approximate surface area is 187 Å². The molecule has 10 heteroatoms. The second-order valence-corrected chi connectivity index (χ2v) is 7.73. The van der Waals surface area contributed by atoms with E-state index >= 15 is 0 Å². The summed E-state index contributed by atoms with van der Waals surface area (Å²) in [6, 6.07) is 6.09. The van der Waals surface area contributed by atoms with Gasteiger partial charge in [0.2, 0.25) is 0 Å². The van der Waals surface area contributed by atoms with E-state index in [2.05, 4.69) is 15.8 Å². The Balaban J connectivity index is 1.97. The van der Waals surface area contributed by atoms with Gasteiger partial charge in [0.05, 0.1) is 0 Å². The number of alkyl halides is 2. The van der Waals surface area contributed by atoms with Gasteiger partial charge in [-0.3, -0.25) is 13.9 Å². The van der Waals surface area contributed by atoms with Gasteiger partial charge in [0, 0.05) is 32.3 Å². The normalized spacial score (nSPS) is 13.7. The van der Waals surface area contributed by atoms with Crippen molar-refractivity contribution in [1.82, 2.24) is 18.7 Å². The van der Waals surface area contributed by atoms with Crippen LogP contribution in [-0.4, -0.2) is 37.0 Å². The molecule has 1 aliphatic rings. The van der Waals surface area contributed by atoms with Gasteiger partial charge in [-0.15, -0.1) is 0 Å². The summed E-state index contributed by atoms with van der Waals surface area (Å²) in [5, 5.41) is 9.18. The number of ether oxygens (including phenoxy) is 1. The number of hydrogen-bond acceptors (Lipinski definition) is 5. The highest BCUT2D eigenvalue weighted by atomic mass is 19.3. The third kappa shape index (κ3) is 4.51. The Kier molecular flexibility index (Phi) is 6.55. The number of aryl methyl sites for hydroxylation is 1. The third-order valence-corrected chi connectivity index (χ3v) is 5.50. The molecule has 0 unspecified atom stereocenters. The fraction of sp³-hybridized carbons (Fsp3) is 0.348. The van der Waals surface area contributed by atoms with E-state index in [4.69, 9.17) is 0 Å². The summed E-state index contributed by atoms with van der Waals surface area (Å²) >= 11 is 0. The number of nitrogens with zero attached hydrogens (tertiary/aromatic N) is 4. The van der Waals surface area contributed by atoms with Gasteiger partial charge in [-0.1, -0.05) is 30.4 Å². The molecule has 0 saturated carbocycles. The summed E-state index contributed by atoms with van der Waals surface area (Å²) in [5.41, 5.74) is 0.811. The highest BCUT2D eigenvalue weighted by molar-refractivity contribution is 5.77. The van der Waals surface area contributed by atoms with Crippen LogP contribution in [0.2, 0.25) is 0 Å². The first kappa shape index (κ1) is 22.7. The number of aromatic nitrogens is 4. The quantitative estimate of drug-likeness (QED) is 0.561. The van der Waals surface area contributed by atoms with E-state index in [0.29, 0.717) is 17.9 Å². The fourth-order valence-corrected chi connectivity index (χ4v) is 3.95. The lowest BCUT2D eigenvalue weighted by atomic mass is 10.1. The summed E-state index contributed by atoms with van der Waals surface area (Å²) in [6.07, 6.45) is 8.13. The standard InChI is InChI=1S/C23H24F2N4O4/c1-27-20-18(21(31)28(23(27)32)11-6-12-30)29(14-15-7-3-2-4-8-15)19(26-20)16-9-5-10-17(13-16)33-22(24)25/h3,5,7-10,13,22,30H,2,4,6,11-12,14H2,1H3. The number of fused-ring (bicyclic) bond motifs is 1. The Morgan fingerprint density at radius 3 is 2.73 bits per heavy atom. The van der Waals surface area contributed by atoms with Crippen molar-refractivity contribution >= 4 is 11.2 Å².